The Morgan fingerprint density at radius 1 is 1.30 bits per heavy atom. The van der Waals surface area contributed by atoms with E-state index in [-0.39, 0.29) is 22.8 Å². The number of sulfone groups is 1. The van der Waals surface area contributed by atoms with Crippen LogP contribution in [0.1, 0.15) is 17.4 Å². The Balaban J connectivity index is 1.89. The summed E-state index contributed by atoms with van der Waals surface area (Å²) >= 11 is 9.92. The van der Waals surface area contributed by atoms with E-state index in [1.165, 1.54) is 0 Å². The first-order valence-corrected chi connectivity index (χ1v) is 9.45. The lowest BCUT2D eigenvalue weighted by Gasteiger charge is -2.23. The molecule has 110 valence electrons. The Labute approximate surface area is 131 Å². The highest BCUT2D eigenvalue weighted by molar-refractivity contribution is 9.10. The van der Waals surface area contributed by atoms with E-state index in [1.807, 2.05) is 12.1 Å². The normalized spacial score (nSPS) is 25.4. The van der Waals surface area contributed by atoms with Crippen LogP contribution in [0.3, 0.4) is 0 Å². The first-order valence-electron chi connectivity index (χ1n) is 6.40. The predicted octanol–water partition coefficient (Wildman–Crippen LogP) is 2.93. The summed E-state index contributed by atoms with van der Waals surface area (Å²) in [6, 6.07) is 3.73. The maximum atomic E-state index is 11.6. The molecule has 3 rings (SSSR count). The van der Waals surface area contributed by atoms with Gasteiger partial charge in [-0.3, -0.25) is 0 Å². The van der Waals surface area contributed by atoms with Gasteiger partial charge in [-0.05, 0) is 46.0 Å². The Bertz CT molecular complexity index is 632. The zero-order valence-corrected chi connectivity index (χ0v) is 13.8. The Morgan fingerprint density at radius 3 is 2.75 bits per heavy atom. The van der Waals surface area contributed by atoms with Crippen LogP contribution in [0.2, 0.25) is 0 Å². The molecule has 2 heterocycles. The minimum atomic E-state index is -2.93. The van der Waals surface area contributed by atoms with Gasteiger partial charge < -0.3 is 9.47 Å². The van der Waals surface area contributed by atoms with Crippen molar-refractivity contribution in [2.45, 2.75) is 11.8 Å². The number of ether oxygens (including phenoxy) is 2. The van der Waals surface area contributed by atoms with Crippen molar-refractivity contribution in [3.63, 3.8) is 0 Å². The summed E-state index contributed by atoms with van der Waals surface area (Å²) in [5.41, 5.74) is 0.866. The summed E-state index contributed by atoms with van der Waals surface area (Å²) in [6.07, 6.45) is 0.614. The van der Waals surface area contributed by atoms with Crippen molar-refractivity contribution in [3.05, 3.63) is 22.2 Å². The summed E-state index contributed by atoms with van der Waals surface area (Å²) in [5.74, 6) is 1.69. The van der Waals surface area contributed by atoms with E-state index in [0.29, 0.717) is 31.1 Å². The van der Waals surface area contributed by atoms with Crippen molar-refractivity contribution in [1.82, 2.24) is 0 Å². The first-order chi connectivity index (χ1) is 9.46. The molecule has 7 heteroatoms. The summed E-state index contributed by atoms with van der Waals surface area (Å²) in [7, 11) is -2.93. The first kappa shape index (κ1) is 14.5. The van der Waals surface area contributed by atoms with Gasteiger partial charge in [0.05, 0.1) is 21.4 Å². The molecular formula is C13H14BrClO4S. The van der Waals surface area contributed by atoms with Crippen LogP contribution in [0.15, 0.2) is 16.6 Å². The molecule has 1 aromatic rings. The Kier molecular flexibility index (Phi) is 3.90. The maximum Gasteiger partial charge on any atom is 0.175 e. The van der Waals surface area contributed by atoms with Crippen molar-refractivity contribution >= 4 is 37.4 Å². The van der Waals surface area contributed by atoms with Gasteiger partial charge in [0.25, 0.3) is 0 Å². The molecule has 2 aliphatic heterocycles. The number of benzene rings is 1. The van der Waals surface area contributed by atoms with E-state index in [0.717, 1.165) is 10.0 Å². The maximum absolute atomic E-state index is 11.6. The molecule has 2 atom stereocenters. The molecule has 1 fully saturated rings. The molecule has 0 aromatic heterocycles. The molecular weight excluding hydrogens is 368 g/mol. The minimum absolute atomic E-state index is 0.0453. The molecule has 0 saturated carbocycles. The fourth-order valence-electron chi connectivity index (χ4n) is 2.62. The van der Waals surface area contributed by atoms with E-state index in [2.05, 4.69) is 15.9 Å². The van der Waals surface area contributed by atoms with Gasteiger partial charge in [0, 0.05) is 0 Å². The molecule has 0 bridgehead atoms. The number of halogens is 2. The predicted molar refractivity (Wildman–Crippen MR) is 80.5 cm³/mol. The fourth-order valence-corrected chi connectivity index (χ4v) is 5.48. The molecule has 1 saturated heterocycles. The standard InChI is InChI=1S/C13H14BrClO4S/c14-10-5-9(6-11-13(10)19-3-2-18-11)12(15)8-1-4-20(16,17)7-8/h5-6,8,12H,1-4,7H2. The smallest absolute Gasteiger partial charge is 0.175 e. The molecule has 1 aromatic carbocycles. The summed E-state index contributed by atoms with van der Waals surface area (Å²) in [6.45, 7) is 1.03. The topological polar surface area (TPSA) is 52.6 Å². The van der Waals surface area contributed by atoms with E-state index in [9.17, 15) is 8.42 Å². The Hall–Kier alpha value is -0.460. The van der Waals surface area contributed by atoms with E-state index in [4.69, 9.17) is 21.1 Å². The number of hydrogen-bond acceptors (Lipinski definition) is 4. The third-order valence-corrected chi connectivity index (χ3v) is 6.61. The summed E-state index contributed by atoms with van der Waals surface area (Å²) < 4.78 is 35.0. The van der Waals surface area contributed by atoms with Crippen LogP contribution >= 0.6 is 27.5 Å². The molecule has 0 aliphatic carbocycles. The van der Waals surface area contributed by atoms with Gasteiger partial charge in [-0.25, -0.2) is 8.42 Å². The van der Waals surface area contributed by atoms with Gasteiger partial charge in [-0.1, -0.05) is 0 Å². The van der Waals surface area contributed by atoms with Crippen LogP contribution in [0.4, 0.5) is 0 Å². The number of hydrogen-bond donors (Lipinski definition) is 0. The molecule has 0 spiro atoms. The zero-order chi connectivity index (χ0) is 14.3. The van der Waals surface area contributed by atoms with Gasteiger partial charge >= 0.3 is 0 Å². The summed E-state index contributed by atoms with van der Waals surface area (Å²) in [5, 5.41) is -0.334. The average Bonchev–Trinajstić information content (AvgIpc) is 2.78. The van der Waals surface area contributed by atoms with Crippen molar-refractivity contribution in [2.24, 2.45) is 5.92 Å². The molecule has 0 amide bonds. The molecule has 0 radical (unpaired) electrons. The quantitative estimate of drug-likeness (QED) is 0.739. The number of alkyl halides is 1. The monoisotopic (exact) mass is 380 g/mol. The van der Waals surface area contributed by atoms with Crippen molar-refractivity contribution < 1.29 is 17.9 Å². The second kappa shape index (κ2) is 5.39. The van der Waals surface area contributed by atoms with Gasteiger partial charge in [-0.15, -0.1) is 11.6 Å². The second-order valence-corrected chi connectivity index (χ2v) is 8.65. The molecule has 2 unspecified atom stereocenters. The van der Waals surface area contributed by atoms with Gasteiger partial charge in [-0.2, -0.15) is 0 Å². The lowest BCUT2D eigenvalue weighted by atomic mass is 9.98. The fraction of sp³-hybridized carbons (Fsp3) is 0.538. The lowest BCUT2D eigenvalue weighted by molar-refractivity contribution is 0.170. The van der Waals surface area contributed by atoms with E-state index < -0.39 is 9.84 Å². The molecule has 2 aliphatic rings. The number of rotatable bonds is 2. The van der Waals surface area contributed by atoms with Crippen molar-refractivity contribution in [2.75, 3.05) is 24.7 Å². The highest BCUT2D eigenvalue weighted by Gasteiger charge is 2.34. The Morgan fingerprint density at radius 2 is 2.05 bits per heavy atom. The highest BCUT2D eigenvalue weighted by Crippen LogP contribution is 2.44. The van der Waals surface area contributed by atoms with Gasteiger partial charge in [0.1, 0.15) is 13.2 Å². The SMILES string of the molecule is O=S1(=O)CCC(C(Cl)c2cc(Br)c3c(c2)OCCO3)C1. The van der Waals surface area contributed by atoms with Gasteiger partial charge in [0.15, 0.2) is 21.3 Å². The van der Waals surface area contributed by atoms with Crippen molar-refractivity contribution in [1.29, 1.82) is 0 Å². The lowest BCUT2D eigenvalue weighted by Crippen LogP contribution is -2.17. The third-order valence-electron chi connectivity index (χ3n) is 3.62. The average molecular weight is 382 g/mol. The third kappa shape index (κ3) is 2.78. The van der Waals surface area contributed by atoms with E-state index in [1.54, 1.807) is 0 Å². The largest absolute Gasteiger partial charge is 0.486 e. The summed E-state index contributed by atoms with van der Waals surface area (Å²) in [4.78, 5) is 0. The van der Waals surface area contributed by atoms with Gasteiger partial charge in [0.2, 0.25) is 0 Å². The van der Waals surface area contributed by atoms with Crippen LogP contribution in [0.25, 0.3) is 0 Å². The van der Waals surface area contributed by atoms with Crippen LogP contribution < -0.4 is 9.47 Å². The van der Waals surface area contributed by atoms with Crippen LogP contribution in [-0.2, 0) is 9.84 Å². The molecule has 20 heavy (non-hydrogen) atoms. The minimum Gasteiger partial charge on any atom is -0.486 e. The van der Waals surface area contributed by atoms with Crippen LogP contribution in [0, 0.1) is 5.92 Å². The van der Waals surface area contributed by atoms with E-state index >= 15 is 0 Å². The zero-order valence-electron chi connectivity index (χ0n) is 10.6. The molecule has 4 nitrogen and oxygen atoms in total. The number of fused-ring (bicyclic) bond motifs is 1. The second-order valence-electron chi connectivity index (χ2n) is 5.09. The van der Waals surface area contributed by atoms with Crippen LogP contribution in [-0.4, -0.2) is 33.1 Å². The van der Waals surface area contributed by atoms with Crippen LogP contribution in [0.5, 0.6) is 11.5 Å². The van der Waals surface area contributed by atoms with Crippen molar-refractivity contribution in [3.8, 4) is 11.5 Å². The highest BCUT2D eigenvalue weighted by atomic mass is 79.9. The molecule has 0 N–H and O–H groups in total.